The third kappa shape index (κ3) is 4.83. The number of anilines is 5. The number of H-pyrrole nitrogens is 1. The highest BCUT2D eigenvalue weighted by molar-refractivity contribution is 6.00. The van der Waals surface area contributed by atoms with Gasteiger partial charge in [0.05, 0.1) is 36.2 Å². The van der Waals surface area contributed by atoms with E-state index in [1.165, 1.54) is 0 Å². The van der Waals surface area contributed by atoms with Gasteiger partial charge >= 0.3 is 0 Å². The van der Waals surface area contributed by atoms with Gasteiger partial charge < -0.3 is 35.5 Å². The molecular formula is C27H30N8O3. The van der Waals surface area contributed by atoms with E-state index in [9.17, 15) is 9.59 Å². The van der Waals surface area contributed by atoms with Crippen molar-refractivity contribution in [2.45, 2.75) is 6.42 Å². The van der Waals surface area contributed by atoms with Crippen molar-refractivity contribution in [3.05, 3.63) is 59.8 Å². The predicted octanol–water partition coefficient (Wildman–Crippen LogP) is 3.22. The molecule has 0 unspecified atom stereocenters. The molecule has 3 aliphatic heterocycles. The lowest BCUT2D eigenvalue weighted by molar-refractivity contribution is -0.119. The van der Waals surface area contributed by atoms with E-state index in [1.54, 1.807) is 32.5 Å². The molecule has 38 heavy (non-hydrogen) atoms. The van der Waals surface area contributed by atoms with Gasteiger partial charge in [0.2, 0.25) is 11.9 Å². The summed E-state index contributed by atoms with van der Waals surface area (Å²) >= 11 is 0. The van der Waals surface area contributed by atoms with E-state index < -0.39 is 0 Å². The number of rotatable bonds is 8. The Morgan fingerprint density at radius 3 is 2.71 bits per heavy atom. The van der Waals surface area contributed by atoms with E-state index in [-0.39, 0.29) is 11.8 Å². The minimum absolute atomic E-state index is 0.0400. The fourth-order valence-electron chi connectivity index (χ4n) is 4.57. The molecule has 4 N–H and O–H groups in total. The number of carbonyl (C=O) groups is 2. The number of hydrogen-bond donors (Lipinski definition) is 4. The van der Waals surface area contributed by atoms with Gasteiger partial charge in [0, 0.05) is 25.5 Å². The van der Waals surface area contributed by atoms with Crippen LogP contribution < -0.4 is 25.6 Å². The predicted molar refractivity (Wildman–Crippen MR) is 147 cm³/mol. The smallest absolute Gasteiger partial charge is 0.253 e. The average Bonchev–Trinajstić information content (AvgIpc) is 3.54. The number of nitrogens with one attached hydrogen (secondary N) is 4. The maximum absolute atomic E-state index is 12.8. The first-order valence-corrected chi connectivity index (χ1v) is 12.2. The van der Waals surface area contributed by atoms with Crippen molar-refractivity contribution in [3.8, 4) is 17.1 Å². The van der Waals surface area contributed by atoms with Gasteiger partial charge in [0.15, 0.2) is 0 Å². The Kier molecular flexibility index (Phi) is 6.84. The molecule has 0 saturated carbocycles. The lowest BCUT2D eigenvalue weighted by Gasteiger charge is -2.21. The average molecular weight is 515 g/mol. The van der Waals surface area contributed by atoms with Gasteiger partial charge in [-0.2, -0.15) is 4.98 Å². The Balaban J connectivity index is 1.50. The SMILES string of the molecule is CNC(=O)c1ccccc1Nc1nc(Nc2cc3c(cc2OC)CCN3C(=O)CN(C)C)[nH]c2nccc1-2. The molecule has 5 rings (SSSR count). The quantitative estimate of drug-likeness (QED) is 0.282. The summed E-state index contributed by atoms with van der Waals surface area (Å²) in [5.74, 6) is 2.03. The fraction of sp³-hybridized carbons (Fsp3) is 0.259. The van der Waals surface area contributed by atoms with Gasteiger partial charge in [-0.1, -0.05) is 12.1 Å². The van der Waals surface area contributed by atoms with Gasteiger partial charge in [-0.3, -0.25) is 9.59 Å². The molecule has 0 aliphatic carbocycles. The van der Waals surface area contributed by atoms with Gasteiger partial charge in [-0.25, -0.2) is 4.98 Å². The summed E-state index contributed by atoms with van der Waals surface area (Å²) in [6.07, 6.45) is 2.45. The number of aromatic nitrogens is 3. The maximum Gasteiger partial charge on any atom is 0.253 e. The number of likely N-dealkylation sites (N-methyl/N-ethyl adjacent to an activating group) is 1. The molecule has 11 heteroatoms. The van der Waals surface area contributed by atoms with Crippen LogP contribution in [0, 0.1) is 0 Å². The first kappa shape index (κ1) is 25.0. The van der Waals surface area contributed by atoms with Gasteiger partial charge in [0.1, 0.15) is 17.4 Å². The normalized spacial score (nSPS) is 12.5. The van der Waals surface area contributed by atoms with Crippen LogP contribution in [0.25, 0.3) is 11.4 Å². The van der Waals surface area contributed by atoms with Crippen LogP contribution in [0.2, 0.25) is 0 Å². The Bertz CT molecular complexity index is 1460. The van der Waals surface area contributed by atoms with Crippen molar-refractivity contribution in [1.29, 1.82) is 0 Å². The number of para-hydroxylation sites is 1. The van der Waals surface area contributed by atoms with Crippen molar-refractivity contribution in [2.24, 2.45) is 0 Å². The molecule has 196 valence electrons. The Labute approximate surface area is 220 Å². The third-order valence-corrected chi connectivity index (χ3v) is 6.37. The lowest BCUT2D eigenvalue weighted by Crippen LogP contribution is -2.36. The van der Waals surface area contributed by atoms with E-state index in [1.807, 2.05) is 54.2 Å². The van der Waals surface area contributed by atoms with Crippen molar-refractivity contribution >= 4 is 40.6 Å². The summed E-state index contributed by atoms with van der Waals surface area (Å²) < 4.78 is 5.66. The Hall–Kier alpha value is -4.64. The third-order valence-electron chi connectivity index (χ3n) is 6.37. The second-order valence-corrected chi connectivity index (χ2v) is 9.23. The van der Waals surface area contributed by atoms with Crippen LogP contribution in [0.5, 0.6) is 5.75 Å². The molecule has 0 fully saturated rings. The minimum atomic E-state index is -0.206. The highest BCUT2D eigenvalue weighted by Gasteiger charge is 2.27. The van der Waals surface area contributed by atoms with E-state index in [2.05, 4.69) is 25.9 Å². The van der Waals surface area contributed by atoms with Crippen LogP contribution in [0.1, 0.15) is 15.9 Å². The zero-order valence-electron chi connectivity index (χ0n) is 21.8. The summed E-state index contributed by atoms with van der Waals surface area (Å²) in [4.78, 5) is 41.3. The number of nitrogens with zero attached hydrogens (tertiary/aromatic N) is 4. The molecule has 2 amide bonds. The maximum atomic E-state index is 12.8. The number of benzene rings is 2. The zero-order chi connectivity index (χ0) is 26.8. The summed E-state index contributed by atoms with van der Waals surface area (Å²) in [6.45, 7) is 0.955. The molecule has 3 aliphatic rings. The summed E-state index contributed by atoms with van der Waals surface area (Å²) in [5.41, 5.74) is 4.44. The van der Waals surface area contributed by atoms with E-state index in [4.69, 9.17) is 9.72 Å². The molecule has 0 saturated heterocycles. The second kappa shape index (κ2) is 10.4. The highest BCUT2D eigenvalue weighted by atomic mass is 16.5. The topological polar surface area (TPSA) is 128 Å². The standard InChI is InChI=1S/C27H30N8O3/c1-28-26(37)17-7-5-6-8-19(17)30-25-18-9-11-29-24(18)32-27(33-25)31-20-14-21-16(13-22(20)38-4)10-12-35(21)23(36)15-34(2)3/h5-9,11,13-14H,10,12,15H2,1-4H3,(H,28,37)(H3,29,30,31,32,33). The van der Waals surface area contributed by atoms with Gasteiger partial charge in [-0.15, -0.1) is 0 Å². The molecule has 0 atom stereocenters. The van der Waals surface area contributed by atoms with Crippen LogP contribution in [0.4, 0.5) is 28.8 Å². The molecule has 0 aromatic heterocycles. The number of hydrogen-bond acceptors (Lipinski definition) is 8. The van der Waals surface area contributed by atoms with Gasteiger partial charge in [-0.05, 0) is 56.4 Å². The number of carbonyl (C=O) groups excluding carboxylic acids is 2. The van der Waals surface area contributed by atoms with Crippen LogP contribution in [0.15, 0.2) is 48.7 Å². The molecule has 0 spiro atoms. The number of methoxy groups -OCH3 is 1. The molecule has 2 aromatic rings. The first-order chi connectivity index (χ1) is 18.4. The van der Waals surface area contributed by atoms with E-state index >= 15 is 0 Å². The van der Waals surface area contributed by atoms with Crippen LogP contribution in [0.3, 0.4) is 0 Å². The molecule has 0 bridgehead atoms. The number of ether oxygens (including phenoxy) is 1. The molecule has 3 heterocycles. The highest BCUT2D eigenvalue weighted by Crippen LogP contribution is 2.39. The second-order valence-electron chi connectivity index (χ2n) is 9.23. The first-order valence-electron chi connectivity index (χ1n) is 12.2. The van der Waals surface area contributed by atoms with Crippen molar-refractivity contribution < 1.29 is 14.3 Å². The molecular weight excluding hydrogens is 484 g/mol. The number of aromatic amines is 1. The van der Waals surface area contributed by atoms with Gasteiger partial charge in [0.25, 0.3) is 5.91 Å². The summed E-state index contributed by atoms with van der Waals surface area (Å²) in [7, 11) is 6.96. The minimum Gasteiger partial charge on any atom is -0.495 e. The van der Waals surface area contributed by atoms with E-state index in [0.29, 0.717) is 53.4 Å². The summed E-state index contributed by atoms with van der Waals surface area (Å²) in [5, 5.41) is 9.27. The van der Waals surface area contributed by atoms with Crippen LogP contribution >= 0.6 is 0 Å². The number of amides is 2. The van der Waals surface area contributed by atoms with Crippen molar-refractivity contribution in [2.75, 3.05) is 56.9 Å². The molecule has 2 aromatic carbocycles. The lowest BCUT2D eigenvalue weighted by atomic mass is 10.1. The van der Waals surface area contributed by atoms with Crippen molar-refractivity contribution in [3.63, 3.8) is 0 Å². The molecule has 0 radical (unpaired) electrons. The van der Waals surface area contributed by atoms with Crippen molar-refractivity contribution in [1.82, 2.24) is 25.2 Å². The monoisotopic (exact) mass is 514 g/mol. The largest absolute Gasteiger partial charge is 0.495 e. The summed E-state index contributed by atoms with van der Waals surface area (Å²) in [6, 6.07) is 12.9. The zero-order valence-corrected chi connectivity index (χ0v) is 21.8. The Morgan fingerprint density at radius 2 is 1.95 bits per heavy atom. The molecule has 11 nitrogen and oxygen atoms in total. The van der Waals surface area contributed by atoms with Crippen LogP contribution in [-0.2, 0) is 11.2 Å². The van der Waals surface area contributed by atoms with E-state index in [0.717, 1.165) is 23.2 Å². The van der Waals surface area contributed by atoms with Crippen LogP contribution in [-0.4, -0.2) is 73.0 Å². The fourth-order valence-corrected chi connectivity index (χ4v) is 4.57. The number of fused-ring (bicyclic) bond motifs is 2. The Morgan fingerprint density at radius 1 is 1.13 bits per heavy atom.